The Hall–Kier alpha value is -1.47. The van der Waals surface area contributed by atoms with E-state index >= 15 is 0 Å². The van der Waals surface area contributed by atoms with E-state index in [9.17, 15) is 15.2 Å². The van der Waals surface area contributed by atoms with Gasteiger partial charge in [-0.15, -0.1) is 0 Å². The van der Waals surface area contributed by atoms with Gasteiger partial charge >= 0.3 is 5.82 Å². The van der Waals surface area contributed by atoms with Crippen LogP contribution in [-0.2, 0) is 6.54 Å². The van der Waals surface area contributed by atoms with Crippen LogP contribution in [0.3, 0.4) is 0 Å². The van der Waals surface area contributed by atoms with Gasteiger partial charge in [0.05, 0.1) is 6.10 Å². The molecule has 0 radical (unpaired) electrons. The molecule has 1 aromatic heterocycles. The number of likely N-dealkylation sites (N-methyl/N-ethyl adjacent to an activating group) is 1. The number of aromatic nitrogens is 2. The van der Waals surface area contributed by atoms with Gasteiger partial charge in [-0.05, 0) is 30.7 Å². The van der Waals surface area contributed by atoms with E-state index in [4.69, 9.17) is 0 Å². The number of aryl methyl sites for hydroxylation is 1. The SMILES string of the molecule is Cc1ncc([N+](=O)[O-])n1CCN(C)CC1CC(O)C1. The second-order valence-corrected chi connectivity index (χ2v) is 5.33. The number of hydrogen-bond acceptors (Lipinski definition) is 5. The molecule has 1 fully saturated rings. The Balaban J connectivity index is 1.84. The highest BCUT2D eigenvalue weighted by molar-refractivity contribution is 5.18. The quantitative estimate of drug-likeness (QED) is 0.609. The van der Waals surface area contributed by atoms with Crippen molar-refractivity contribution in [1.29, 1.82) is 0 Å². The Labute approximate surface area is 112 Å². The highest BCUT2D eigenvalue weighted by Crippen LogP contribution is 2.27. The van der Waals surface area contributed by atoms with Crippen molar-refractivity contribution in [1.82, 2.24) is 14.5 Å². The zero-order chi connectivity index (χ0) is 14.0. The van der Waals surface area contributed by atoms with Crippen LogP contribution in [0, 0.1) is 23.0 Å². The molecule has 0 aliphatic heterocycles. The summed E-state index contributed by atoms with van der Waals surface area (Å²) >= 11 is 0. The number of aliphatic hydroxyl groups is 1. The van der Waals surface area contributed by atoms with Gasteiger partial charge in [0.15, 0.2) is 5.82 Å². The van der Waals surface area contributed by atoms with E-state index in [-0.39, 0.29) is 11.9 Å². The van der Waals surface area contributed by atoms with Crippen molar-refractivity contribution in [2.45, 2.75) is 32.4 Å². The lowest BCUT2D eigenvalue weighted by atomic mass is 9.82. The molecule has 1 saturated carbocycles. The van der Waals surface area contributed by atoms with Crippen LogP contribution >= 0.6 is 0 Å². The lowest BCUT2D eigenvalue weighted by molar-refractivity contribution is -0.392. The molecule has 1 heterocycles. The largest absolute Gasteiger partial charge is 0.393 e. The standard InChI is InChI=1S/C12H20N4O3/c1-9-13-7-12(16(18)19)15(9)4-3-14(2)8-10-5-11(17)6-10/h7,10-11,17H,3-6,8H2,1-2H3. The third-order valence-corrected chi connectivity index (χ3v) is 3.71. The average molecular weight is 268 g/mol. The molecular formula is C12H20N4O3. The van der Waals surface area contributed by atoms with Crippen LogP contribution in [0.15, 0.2) is 6.20 Å². The maximum absolute atomic E-state index is 10.9. The molecule has 19 heavy (non-hydrogen) atoms. The van der Waals surface area contributed by atoms with Crippen molar-refractivity contribution in [2.24, 2.45) is 5.92 Å². The Bertz CT molecular complexity index is 454. The monoisotopic (exact) mass is 268 g/mol. The topological polar surface area (TPSA) is 84.4 Å². The van der Waals surface area contributed by atoms with Gasteiger partial charge in [0.1, 0.15) is 12.7 Å². The Morgan fingerprint density at radius 3 is 2.89 bits per heavy atom. The predicted octanol–water partition coefficient (Wildman–Crippen LogP) is 0.802. The zero-order valence-electron chi connectivity index (χ0n) is 11.3. The summed E-state index contributed by atoms with van der Waals surface area (Å²) in [5.41, 5.74) is 0. The summed E-state index contributed by atoms with van der Waals surface area (Å²) in [5.74, 6) is 1.27. The van der Waals surface area contributed by atoms with E-state index in [0.717, 1.165) is 25.9 Å². The molecular weight excluding hydrogens is 248 g/mol. The first kappa shape index (κ1) is 14.0. The molecule has 0 spiro atoms. The number of nitrogens with zero attached hydrogens (tertiary/aromatic N) is 4. The summed E-state index contributed by atoms with van der Waals surface area (Å²) in [5, 5.41) is 20.1. The summed E-state index contributed by atoms with van der Waals surface area (Å²) in [6, 6.07) is 0. The average Bonchev–Trinajstić information content (AvgIpc) is 2.66. The molecule has 1 aliphatic rings. The van der Waals surface area contributed by atoms with E-state index in [2.05, 4.69) is 9.88 Å². The summed E-state index contributed by atoms with van der Waals surface area (Å²) in [6.45, 7) is 4.01. The molecule has 1 aromatic rings. The molecule has 7 nitrogen and oxygen atoms in total. The smallest absolute Gasteiger partial charge is 0.342 e. The maximum Gasteiger partial charge on any atom is 0.342 e. The van der Waals surface area contributed by atoms with Crippen molar-refractivity contribution in [3.8, 4) is 0 Å². The number of imidazole rings is 1. The first-order chi connectivity index (χ1) is 8.97. The second kappa shape index (κ2) is 5.66. The van der Waals surface area contributed by atoms with Gasteiger partial charge in [0, 0.05) is 20.0 Å². The highest BCUT2D eigenvalue weighted by Gasteiger charge is 2.28. The predicted molar refractivity (Wildman–Crippen MR) is 69.8 cm³/mol. The molecule has 7 heteroatoms. The van der Waals surface area contributed by atoms with E-state index in [1.807, 2.05) is 7.05 Å². The number of hydrogen-bond donors (Lipinski definition) is 1. The van der Waals surface area contributed by atoms with Gasteiger partial charge < -0.3 is 20.1 Å². The summed E-state index contributed by atoms with van der Waals surface area (Å²) < 4.78 is 1.63. The third-order valence-electron chi connectivity index (χ3n) is 3.71. The molecule has 0 saturated heterocycles. The zero-order valence-corrected chi connectivity index (χ0v) is 11.3. The van der Waals surface area contributed by atoms with Crippen molar-refractivity contribution in [3.63, 3.8) is 0 Å². The van der Waals surface area contributed by atoms with E-state index in [1.54, 1.807) is 11.5 Å². The van der Waals surface area contributed by atoms with Crippen LogP contribution in [0.2, 0.25) is 0 Å². The van der Waals surface area contributed by atoms with Crippen LogP contribution in [0.5, 0.6) is 0 Å². The Morgan fingerprint density at radius 1 is 1.63 bits per heavy atom. The highest BCUT2D eigenvalue weighted by atomic mass is 16.6. The minimum atomic E-state index is -0.401. The van der Waals surface area contributed by atoms with E-state index in [1.165, 1.54) is 6.20 Å². The Morgan fingerprint density at radius 2 is 2.32 bits per heavy atom. The molecule has 106 valence electrons. The number of aliphatic hydroxyl groups excluding tert-OH is 1. The van der Waals surface area contributed by atoms with Crippen molar-refractivity contribution in [2.75, 3.05) is 20.1 Å². The first-order valence-corrected chi connectivity index (χ1v) is 6.50. The second-order valence-electron chi connectivity index (χ2n) is 5.33. The van der Waals surface area contributed by atoms with E-state index in [0.29, 0.717) is 18.3 Å². The lowest BCUT2D eigenvalue weighted by Gasteiger charge is -2.34. The lowest BCUT2D eigenvalue weighted by Crippen LogP contribution is -2.38. The summed E-state index contributed by atoms with van der Waals surface area (Å²) in [4.78, 5) is 16.6. The van der Waals surface area contributed by atoms with Gasteiger partial charge in [-0.3, -0.25) is 0 Å². The molecule has 1 aliphatic carbocycles. The minimum Gasteiger partial charge on any atom is -0.393 e. The first-order valence-electron chi connectivity index (χ1n) is 6.50. The molecule has 0 amide bonds. The van der Waals surface area contributed by atoms with Gasteiger partial charge in [-0.1, -0.05) is 0 Å². The van der Waals surface area contributed by atoms with Crippen molar-refractivity contribution < 1.29 is 10.0 Å². The van der Waals surface area contributed by atoms with Crippen molar-refractivity contribution in [3.05, 3.63) is 22.1 Å². The van der Waals surface area contributed by atoms with Crippen LogP contribution in [0.1, 0.15) is 18.7 Å². The maximum atomic E-state index is 10.9. The molecule has 0 bridgehead atoms. The third kappa shape index (κ3) is 3.30. The molecule has 2 rings (SSSR count). The molecule has 0 unspecified atom stereocenters. The van der Waals surface area contributed by atoms with Gasteiger partial charge in [-0.25, -0.2) is 9.55 Å². The normalized spacial score (nSPS) is 22.5. The molecule has 1 N–H and O–H groups in total. The van der Waals surface area contributed by atoms with Crippen molar-refractivity contribution >= 4 is 5.82 Å². The van der Waals surface area contributed by atoms with Gasteiger partial charge in [-0.2, -0.15) is 0 Å². The molecule has 0 aromatic carbocycles. The van der Waals surface area contributed by atoms with E-state index < -0.39 is 4.92 Å². The van der Waals surface area contributed by atoms with Crippen LogP contribution in [0.4, 0.5) is 5.82 Å². The fraction of sp³-hybridized carbons (Fsp3) is 0.750. The van der Waals surface area contributed by atoms with Crippen LogP contribution in [0.25, 0.3) is 0 Å². The summed E-state index contributed by atoms with van der Waals surface area (Å²) in [7, 11) is 2.00. The number of nitro groups is 1. The van der Waals surface area contributed by atoms with Gasteiger partial charge in [0.2, 0.25) is 0 Å². The van der Waals surface area contributed by atoms with Gasteiger partial charge in [0.25, 0.3) is 0 Å². The van der Waals surface area contributed by atoms with Crippen LogP contribution in [-0.4, -0.2) is 50.7 Å². The minimum absolute atomic E-state index is 0.0463. The Kier molecular flexibility index (Phi) is 4.16. The molecule has 0 atom stereocenters. The fourth-order valence-corrected chi connectivity index (χ4v) is 2.53. The fourth-order valence-electron chi connectivity index (χ4n) is 2.53. The van der Waals surface area contributed by atoms with Crippen LogP contribution < -0.4 is 0 Å². The number of rotatable bonds is 6. The summed E-state index contributed by atoms with van der Waals surface area (Å²) in [6.07, 6.45) is 2.91.